The van der Waals surface area contributed by atoms with Crippen LogP contribution in [-0.4, -0.2) is 33.6 Å². The standard InChI is InChI=1S/C21H19N3O3S/c1-13-5-6-17-15(11-13)19(22-27-17)24-12-16(18-14(21(24)26)7-10-28-18)20(25)23-8-3-2-4-9-23/h5-7,10-12H,2-4,8-9H2,1H3. The zero-order chi connectivity index (χ0) is 19.3. The Morgan fingerprint density at radius 2 is 1.96 bits per heavy atom. The normalized spacial score (nSPS) is 14.8. The average Bonchev–Trinajstić information content (AvgIpc) is 3.36. The largest absolute Gasteiger partial charge is 0.354 e. The van der Waals surface area contributed by atoms with Gasteiger partial charge in [0.25, 0.3) is 11.5 Å². The van der Waals surface area contributed by atoms with Gasteiger partial charge in [0.1, 0.15) is 0 Å². The van der Waals surface area contributed by atoms with E-state index in [-0.39, 0.29) is 11.5 Å². The molecule has 1 aliphatic rings. The fourth-order valence-electron chi connectivity index (χ4n) is 3.85. The lowest BCUT2D eigenvalue weighted by molar-refractivity contribution is 0.0726. The summed E-state index contributed by atoms with van der Waals surface area (Å²) in [6.07, 6.45) is 4.83. The van der Waals surface area contributed by atoms with Crippen molar-refractivity contribution in [1.82, 2.24) is 14.6 Å². The zero-order valence-electron chi connectivity index (χ0n) is 15.5. The highest BCUT2D eigenvalue weighted by molar-refractivity contribution is 7.17. The number of nitrogens with zero attached hydrogens (tertiary/aromatic N) is 3. The number of aromatic nitrogens is 2. The Balaban J connectivity index is 1.73. The molecule has 1 fully saturated rings. The molecular formula is C21H19N3O3S. The van der Waals surface area contributed by atoms with Gasteiger partial charge in [-0.3, -0.25) is 14.2 Å². The Labute approximate surface area is 165 Å². The molecule has 0 N–H and O–H groups in total. The molecule has 1 amide bonds. The van der Waals surface area contributed by atoms with Gasteiger partial charge in [0.15, 0.2) is 11.4 Å². The maximum Gasteiger partial charge on any atom is 0.265 e. The molecular weight excluding hydrogens is 374 g/mol. The number of benzene rings is 1. The van der Waals surface area contributed by atoms with E-state index >= 15 is 0 Å². The molecule has 5 rings (SSSR count). The van der Waals surface area contributed by atoms with Crippen molar-refractivity contribution in [2.24, 2.45) is 0 Å². The molecule has 0 saturated carbocycles. The minimum Gasteiger partial charge on any atom is -0.354 e. The molecule has 1 saturated heterocycles. The third-order valence-corrected chi connectivity index (χ3v) is 6.27. The van der Waals surface area contributed by atoms with Crippen molar-refractivity contribution in [3.63, 3.8) is 0 Å². The van der Waals surface area contributed by atoms with E-state index in [1.165, 1.54) is 15.9 Å². The van der Waals surface area contributed by atoms with Crippen molar-refractivity contribution in [2.75, 3.05) is 13.1 Å². The van der Waals surface area contributed by atoms with E-state index in [2.05, 4.69) is 5.16 Å². The highest BCUT2D eigenvalue weighted by Gasteiger charge is 2.24. The fraction of sp³-hybridized carbons (Fsp3) is 0.286. The number of pyridine rings is 1. The Morgan fingerprint density at radius 1 is 1.14 bits per heavy atom. The van der Waals surface area contributed by atoms with Gasteiger partial charge in [0.2, 0.25) is 0 Å². The Morgan fingerprint density at radius 3 is 2.79 bits per heavy atom. The molecule has 0 radical (unpaired) electrons. The summed E-state index contributed by atoms with van der Waals surface area (Å²) < 4.78 is 7.61. The Hall–Kier alpha value is -2.93. The molecule has 4 heterocycles. The van der Waals surface area contributed by atoms with Crippen LogP contribution < -0.4 is 5.56 Å². The van der Waals surface area contributed by atoms with Crippen LogP contribution in [0.5, 0.6) is 0 Å². The molecule has 1 aromatic carbocycles. The monoisotopic (exact) mass is 393 g/mol. The van der Waals surface area contributed by atoms with Gasteiger partial charge in [-0.1, -0.05) is 16.8 Å². The smallest absolute Gasteiger partial charge is 0.265 e. The van der Waals surface area contributed by atoms with E-state index in [0.29, 0.717) is 22.4 Å². The van der Waals surface area contributed by atoms with Crippen LogP contribution in [-0.2, 0) is 0 Å². The molecule has 0 unspecified atom stereocenters. The first kappa shape index (κ1) is 17.2. The highest BCUT2D eigenvalue weighted by Crippen LogP contribution is 2.27. The third-order valence-electron chi connectivity index (χ3n) is 5.33. The maximum atomic E-state index is 13.2. The van der Waals surface area contributed by atoms with Gasteiger partial charge < -0.3 is 9.42 Å². The fourth-order valence-corrected chi connectivity index (χ4v) is 4.74. The molecule has 0 atom stereocenters. The molecule has 28 heavy (non-hydrogen) atoms. The topological polar surface area (TPSA) is 68.3 Å². The van der Waals surface area contributed by atoms with E-state index in [1.807, 2.05) is 35.4 Å². The minimum absolute atomic E-state index is 0.0233. The van der Waals surface area contributed by atoms with Gasteiger partial charge in [-0.25, -0.2) is 0 Å². The van der Waals surface area contributed by atoms with Crippen LogP contribution >= 0.6 is 11.3 Å². The summed E-state index contributed by atoms with van der Waals surface area (Å²) in [6.45, 7) is 3.50. The minimum atomic E-state index is -0.192. The average molecular weight is 393 g/mol. The molecule has 6 nitrogen and oxygen atoms in total. The number of aryl methyl sites for hydroxylation is 1. The van der Waals surface area contributed by atoms with Gasteiger partial charge in [0, 0.05) is 19.3 Å². The summed E-state index contributed by atoms with van der Waals surface area (Å²) in [6, 6.07) is 7.50. The number of likely N-dealkylation sites (tertiary alicyclic amines) is 1. The van der Waals surface area contributed by atoms with Crippen LogP contribution in [0.4, 0.5) is 0 Å². The van der Waals surface area contributed by atoms with E-state index in [0.717, 1.165) is 48.0 Å². The van der Waals surface area contributed by atoms with E-state index < -0.39 is 0 Å². The quantitative estimate of drug-likeness (QED) is 0.514. The third kappa shape index (κ3) is 2.65. The van der Waals surface area contributed by atoms with Crippen molar-refractivity contribution in [1.29, 1.82) is 0 Å². The lowest BCUT2D eigenvalue weighted by Gasteiger charge is -2.27. The summed E-state index contributed by atoms with van der Waals surface area (Å²) in [5.41, 5.74) is 2.02. The van der Waals surface area contributed by atoms with Crippen LogP contribution in [0.1, 0.15) is 35.2 Å². The molecule has 0 bridgehead atoms. The van der Waals surface area contributed by atoms with Crippen molar-refractivity contribution in [3.8, 4) is 5.82 Å². The number of hydrogen-bond acceptors (Lipinski definition) is 5. The summed E-state index contributed by atoms with van der Waals surface area (Å²) in [5, 5.41) is 7.29. The number of hydrogen-bond donors (Lipinski definition) is 0. The van der Waals surface area contributed by atoms with Gasteiger partial charge in [0.05, 0.1) is 21.0 Å². The first-order valence-electron chi connectivity index (χ1n) is 9.42. The molecule has 0 aliphatic carbocycles. The second-order valence-electron chi connectivity index (χ2n) is 7.24. The summed E-state index contributed by atoms with van der Waals surface area (Å²) >= 11 is 1.43. The highest BCUT2D eigenvalue weighted by atomic mass is 32.1. The number of carbonyl (C=O) groups excluding carboxylic acids is 1. The molecule has 0 spiro atoms. The number of piperidine rings is 1. The van der Waals surface area contributed by atoms with Crippen molar-refractivity contribution < 1.29 is 9.32 Å². The lowest BCUT2D eigenvalue weighted by Crippen LogP contribution is -2.36. The van der Waals surface area contributed by atoms with Crippen molar-refractivity contribution >= 4 is 38.3 Å². The van der Waals surface area contributed by atoms with E-state index in [4.69, 9.17) is 4.52 Å². The number of amides is 1. The summed E-state index contributed by atoms with van der Waals surface area (Å²) in [7, 11) is 0. The predicted molar refractivity (Wildman–Crippen MR) is 109 cm³/mol. The summed E-state index contributed by atoms with van der Waals surface area (Å²) in [4.78, 5) is 28.3. The predicted octanol–water partition coefficient (Wildman–Crippen LogP) is 4.13. The van der Waals surface area contributed by atoms with Crippen molar-refractivity contribution in [3.05, 3.63) is 57.3 Å². The molecule has 3 aromatic heterocycles. The molecule has 4 aromatic rings. The van der Waals surface area contributed by atoms with E-state index in [9.17, 15) is 9.59 Å². The van der Waals surface area contributed by atoms with Crippen LogP contribution in [0.2, 0.25) is 0 Å². The maximum absolute atomic E-state index is 13.2. The van der Waals surface area contributed by atoms with Gasteiger partial charge >= 0.3 is 0 Å². The number of rotatable bonds is 2. The lowest BCUT2D eigenvalue weighted by atomic mass is 10.1. The Bertz CT molecular complexity index is 1260. The second-order valence-corrected chi connectivity index (χ2v) is 8.16. The number of thiophene rings is 1. The van der Waals surface area contributed by atoms with Crippen LogP contribution in [0, 0.1) is 6.92 Å². The van der Waals surface area contributed by atoms with Crippen molar-refractivity contribution in [2.45, 2.75) is 26.2 Å². The Kier molecular flexibility index (Phi) is 4.05. The number of fused-ring (bicyclic) bond motifs is 2. The van der Waals surface area contributed by atoms with Crippen LogP contribution in [0.25, 0.3) is 26.9 Å². The molecule has 1 aliphatic heterocycles. The van der Waals surface area contributed by atoms with Gasteiger partial charge in [-0.15, -0.1) is 11.3 Å². The SMILES string of the molecule is Cc1ccc2onc(-n3cc(C(=O)N4CCCCC4)c4sccc4c3=O)c2c1. The number of carbonyl (C=O) groups is 1. The first-order valence-corrected chi connectivity index (χ1v) is 10.3. The van der Waals surface area contributed by atoms with Crippen LogP contribution in [0.3, 0.4) is 0 Å². The van der Waals surface area contributed by atoms with Gasteiger partial charge in [-0.2, -0.15) is 0 Å². The molecule has 7 heteroatoms. The van der Waals surface area contributed by atoms with E-state index in [1.54, 1.807) is 12.3 Å². The zero-order valence-corrected chi connectivity index (χ0v) is 16.3. The van der Waals surface area contributed by atoms with Crippen LogP contribution in [0.15, 0.2) is 45.2 Å². The van der Waals surface area contributed by atoms with Gasteiger partial charge in [-0.05, 0) is 49.8 Å². The molecule has 142 valence electrons. The second kappa shape index (κ2) is 6.60. The first-order chi connectivity index (χ1) is 13.6. The summed E-state index contributed by atoms with van der Waals surface area (Å²) in [5.74, 6) is 0.398.